The Kier molecular flexibility index (Phi) is 4.89. The van der Waals surface area contributed by atoms with Gasteiger partial charge >= 0.3 is 0 Å². The van der Waals surface area contributed by atoms with Crippen LogP contribution in [0.25, 0.3) is 0 Å². The van der Waals surface area contributed by atoms with Crippen LogP contribution in [0.15, 0.2) is 18.2 Å². The molecule has 1 heterocycles. The van der Waals surface area contributed by atoms with Gasteiger partial charge in [-0.25, -0.2) is 0 Å². The zero-order valence-electron chi connectivity index (χ0n) is 12.2. The molecular formula is C16H22N2O2. The van der Waals surface area contributed by atoms with E-state index in [4.69, 9.17) is 15.2 Å². The molecule has 1 aromatic rings. The van der Waals surface area contributed by atoms with E-state index < -0.39 is 0 Å². The Morgan fingerprint density at radius 1 is 1.35 bits per heavy atom. The van der Waals surface area contributed by atoms with E-state index in [0.29, 0.717) is 19.9 Å². The highest BCUT2D eigenvalue weighted by Crippen LogP contribution is 2.33. The maximum absolute atomic E-state index is 5.89. The molecule has 4 heteroatoms. The lowest BCUT2D eigenvalue weighted by molar-refractivity contribution is 0.174. The van der Waals surface area contributed by atoms with Gasteiger partial charge in [0.05, 0.1) is 6.54 Å². The minimum Gasteiger partial charge on any atom is -0.454 e. The number of benzene rings is 1. The summed E-state index contributed by atoms with van der Waals surface area (Å²) in [5.74, 6) is 7.56. The van der Waals surface area contributed by atoms with Gasteiger partial charge in [0.2, 0.25) is 6.79 Å². The van der Waals surface area contributed by atoms with Gasteiger partial charge in [-0.05, 0) is 44.4 Å². The summed E-state index contributed by atoms with van der Waals surface area (Å²) in [5, 5.41) is 3.41. The first-order valence-electron chi connectivity index (χ1n) is 6.90. The van der Waals surface area contributed by atoms with Crippen molar-refractivity contribution in [3.05, 3.63) is 23.8 Å². The first-order chi connectivity index (χ1) is 9.67. The van der Waals surface area contributed by atoms with Gasteiger partial charge in [-0.1, -0.05) is 12.0 Å². The minimum absolute atomic E-state index is 0.0970. The number of nitrogens with two attached hydrogens (primary N) is 1. The standard InChI is InChI=1S/C16H22N2O2/c1-3-4-9-18-16(2,11-17)8-7-13-5-6-14-15(10-13)20-12-19-14/h5-6,10,18H,7-9,11-12,17H2,1-2H3. The highest BCUT2D eigenvalue weighted by Gasteiger charge is 2.21. The molecule has 0 bridgehead atoms. The highest BCUT2D eigenvalue weighted by atomic mass is 16.7. The highest BCUT2D eigenvalue weighted by molar-refractivity contribution is 5.44. The predicted molar refractivity (Wildman–Crippen MR) is 79.8 cm³/mol. The third-order valence-corrected chi connectivity index (χ3v) is 3.63. The molecule has 0 amide bonds. The van der Waals surface area contributed by atoms with Crippen molar-refractivity contribution in [2.45, 2.75) is 32.2 Å². The Morgan fingerprint density at radius 2 is 2.15 bits per heavy atom. The second-order valence-electron chi connectivity index (χ2n) is 5.23. The molecular weight excluding hydrogens is 252 g/mol. The van der Waals surface area contributed by atoms with Gasteiger partial charge in [0.25, 0.3) is 0 Å². The molecule has 1 aliphatic heterocycles. The van der Waals surface area contributed by atoms with Crippen LogP contribution < -0.4 is 20.5 Å². The molecule has 1 aliphatic rings. The van der Waals surface area contributed by atoms with E-state index >= 15 is 0 Å². The molecule has 1 atom stereocenters. The van der Waals surface area contributed by atoms with Crippen LogP contribution in [0.5, 0.6) is 11.5 Å². The van der Waals surface area contributed by atoms with Crippen LogP contribution in [0.2, 0.25) is 0 Å². The van der Waals surface area contributed by atoms with E-state index in [0.717, 1.165) is 24.3 Å². The Bertz CT molecular complexity index is 519. The third kappa shape index (κ3) is 3.66. The largest absolute Gasteiger partial charge is 0.454 e. The number of rotatable bonds is 6. The fourth-order valence-corrected chi connectivity index (χ4v) is 2.13. The summed E-state index contributed by atoms with van der Waals surface area (Å²) in [6.07, 6.45) is 1.89. The maximum atomic E-state index is 5.89. The Hall–Kier alpha value is -1.70. The number of hydrogen-bond acceptors (Lipinski definition) is 4. The van der Waals surface area contributed by atoms with Gasteiger partial charge in [-0.3, -0.25) is 5.32 Å². The van der Waals surface area contributed by atoms with Crippen LogP contribution in [0, 0.1) is 11.8 Å². The molecule has 4 nitrogen and oxygen atoms in total. The monoisotopic (exact) mass is 274 g/mol. The van der Waals surface area contributed by atoms with Crippen LogP contribution in [-0.2, 0) is 6.42 Å². The number of hydrogen-bond donors (Lipinski definition) is 2. The molecule has 0 aromatic heterocycles. The molecule has 1 aromatic carbocycles. The van der Waals surface area contributed by atoms with Crippen LogP contribution >= 0.6 is 0 Å². The molecule has 2 rings (SSSR count). The fourth-order valence-electron chi connectivity index (χ4n) is 2.13. The van der Waals surface area contributed by atoms with Crippen molar-refractivity contribution in [2.24, 2.45) is 5.73 Å². The first kappa shape index (κ1) is 14.7. The van der Waals surface area contributed by atoms with E-state index in [1.165, 1.54) is 5.56 Å². The second-order valence-corrected chi connectivity index (χ2v) is 5.23. The average Bonchev–Trinajstić information content (AvgIpc) is 2.93. The average molecular weight is 274 g/mol. The lowest BCUT2D eigenvalue weighted by atomic mass is 9.93. The number of ether oxygens (including phenoxy) is 2. The molecule has 0 saturated carbocycles. The molecule has 20 heavy (non-hydrogen) atoms. The zero-order valence-corrected chi connectivity index (χ0v) is 12.2. The van der Waals surface area contributed by atoms with Crippen molar-refractivity contribution >= 4 is 0 Å². The van der Waals surface area contributed by atoms with Crippen molar-refractivity contribution in [2.75, 3.05) is 19.9 Å². The van der Waals surface area contributed by atoms with Gasteiger partial charge in [-0.2, -0.15) is 0 Å². The molecule has 0 aliphatic carbocycles. The molecule has 3 N–H and O–H groups in total. The summed E-state index contributed by atoms with van der Waals surface area (Å²) in [6.45, 7) is 5.55. The molecule has 1 unspecified atom stereocenters. The second kappa shape index (κ2) is 6.65. The topological polar surface area (TPSA) is 56.5 Å². The van der Waals surface area contributed by atoms with Crippen molar-refractivity contribution in [1.29, 1.82) is 0 Å². The molecule has 0 fully saturated rings. The summed E-state index contributed by atoms with van der Waals surface area (Å²) in [7, 11) is 0. The van der Waals surface area contributed by atoms with Crippen molar-refractivity contribution in [3.63, 3.8) is 0 Å². The Labute approximate surface area is 120 Å². The van der Waals surface area contributed by atoms with Crippen LogP contribution in [0.3, 0.4) is 0 Å². The lowest BCUT2D eigenvalue weighted by Gasteiger charge is -2.28. The summed E-state index contributed by atoms with van der Waals surface area (Å²) >= 11 is 0. The maximum Gasteiger partial charge on any atom is 0.231 e. The number of nitrogens with one attached hydrogen (secondary N) is 1. The Morgan fingerprint density at radius 3 is 2.90 bits per heavy atom. The lowest BCUT2D eigenvalue weighted by Crippen LogP contribution is -2.49. The fraction of sp³-hybridized carbons (Fsp3) is 0.500. The third-order valence-electron chi connectivity index (χ3n) is 3.63. The van der Waals surface area contributed by atoms with Crippen LogP contribution in [0.1, 0.15) is 25.8 Å². The normalized spacial score (nSPS) is 15.3. The molecule has 0 saturated heterocycles. The summed E-state index contributed by atoms with van der Waals surface area (Å²) < 4.78 is 10.7. The van der Waals surface area contributed by atoms with Gasteiger partial charge in [0, 0.05) is 12.1 Å². The van der Waals surface area contributed by atoms with Crippen molar-refractivity contribution < 1.29 is 9.47 Å². The Balaban J connectivity index is 1.93. The summed E-state index contributed by atoms with van der Waals surface area (Å²) in [5.41, 5.74) is 7.02. The minimum atomic E-state index is -0.0970. The molecule has 108 valence electrons. The van der Waals surface area contributed by atoms with Crippen molar-refractivity contribution in [1.82, 2.24) is 5.32 Å². The molecule has 0 spiro atoms. The van der Waals surface area contributed by atoms with Gasteiger partial charge in [0.15, 0.2) is 11.5 Å². The van der Waals surface area contributed by atoms with E-state index in [-0.39, 0.29) is 5.54 Å². The van der Waals surface area contributed by atoms with Crippen LogP contribution in [0.4, 0.5) is 0 Å². The van der Waals surface area contributed by atoms with E-state index in [2.05, 4.69) is 30.1 Å². The molecule has 0 radical (unpaired) electrons. The first-order valence-corrected chi connectivity index (χ1v) is 6.90. The van der Waals surface area contributed by atoms with Gasteiger partial charge in [0.1, 0.15) is 0 Å². The quantitative estimate of drug-likeness (QED) is 0.775. The van der Waals surface area contributed by atoms with Crippen molar-refractivity contribution in [3.8, 4) is 23.3 Å². The van der Waals surface area contributed by atoms with E-state index in [9.17, 15) is 0 Å². The zero-order chi connectivity index (χ0) is 14.4. The smallest absolute Gasteiger partial charge is 0.231 e. The predicted octanol–water partition coefficient (Wildman–Crippen LogP) is 1.68. The number of fused-ring (bicyclic) bond motifs is 1. The van der Waals surface area contributed by atoms with Gasteiger partial charge in [-0.15, -0.1) is 5.92 Å². The van der Waals surface area contributed by atoms with E-state index in [1.807, 2.05) is 19.1 Å². The SMILES string of the molecule is CC#CCNC(C)(CN)CCc1ccc2c(c1)OCO2. The van der Waals surface area contributed by atoms with Crippen LogP contribution in [-0.4, -0.2) is 25.4 Å². The van der Waals surface area contributed by atoms with E-state index in [1.54, 1.807) is 0 Å². The summed E-state index contributed by atoms with van der Waals surface area (Å²) in [6, 6.07) is 6.09. The number of aryl methyl sites for hydroxylation is 1. The van der Waals surface area contributed by atoms with Gasteiger partial charge < -0.3 is 15.2 Å². The summed E-state index contributed by atoms with van der Waals surface area (Å²) in [4.78, 5) is 0.